The second-order valence-electron chi connectivity index (χ2n) is 6.16. The molecule has 2 aromatic rings. The minimum Gasteiger partial charge on any atom is -0.493 e. The Bertz CT molecular complexity index is 745. The summed E-state index contributed by atoms with van der Waals surface area (Å²) in [6.45, 7) is 0.735. The molecule has 132 valence electrons. The summed E-state index contributed by atoms with van der Waals surface area (Å²) >= 11 is 0. The van der Waals surface area contributed by atoms with E-state index in [2.05, 4.69) is 0 Å². The Hall–Kier alpha value is -2.56. The molecule has 1 heterocycles. The van der Waals surface area contributed by atoms with Gasteiger partial charge >= 0.3 is 0 Å². The minimum atomic E-state index is -0.291. The van der Waals surface area contributed by atoms with Crippen molar-refractivity contribution in [3.05, 3.63) is 59.4 Å². The number of carbonyl (C=O) groups excluding carboxylic acids is 1. The van der Waals surface area contributed by atoms with Crippen LogP contribution in [0.25, 0.3) is 0 Å². The first-order valence-electron chi connectivity index (χ1n) is 8.38. The van der Waals surface area contributed by atoms with Crippen LogP contribution in [0.1, 0.15) is 30.0 Å². The van der Waals surface area contributed by atoms with Gasteiger partial charge in [-0.3, -0.25) is 4.79 Å². The van der Waals surface area contributed by atoms with Gasteiger partial charge in [0.2, 0.25) is 5.91 Å². The van der Waals surface area contributed by atoms with Gasteiger partial charge in [-0.1, -0.05) is 18.2 Å². The molecule has 4 nitrogen and oxygen atoms in total. The lowest BCUT2D eigenvalue weighted by atomic mass is 10.0. The highest BCUT2D eigenvalue weighted by molar-refractivity contribution is 5.79. The van der Waals surface area contributed by atoms with Crippen molar-refractivity contribution < 1.29 is 18.7 Å². The summed E-state index contributed by atoms with van der Waals surface area (Å²) in [7, 11) is 3.21. The van der Waals surface area contributed by atoms with Crippen molar-refractivity contribution in [2.24, 2.45) is 0 Å². The average Bonchev–Trinajstić information content (AvgIpc) is 3.13. The van der Waals surface area contributed by atoms with Gasteiger partial charge in [-0.05, 0) is 48.2 Å². The van der Waals surface area contributed by atoms with Gasteiger partial charge in [-0.15, -0.1) is 0 Å². The summed E-state index contributed by atoms with van der Waals surface area (Å²) in [4.78, 5) is 14.6. The number of benzene rings is 2. The second kappa shape index (κ2) is 7.55. The van der Waals surface area contributed by atoms with E-state index in [1.165, 1.54) is 12.1 Å². The summed E-state index contributed by atoms with van der Waals surface area (Å²) in [5.41, 5.74) is 1.87. The third kappa shape index (κ3) is 3.76. The maximum Gasteiger partial charge on any atom is 0.227 e. The van der Waals surface area contributed by atoms with Crippen molar-refractivity contribution in [2.45, 2.75) is 25.3 Å². The first kappa shape index (κ1) is 17.3. The molecular formula is C20H22FNO3. The molecule has 3 rings (SSSR count). The van der Waals surface area contributed by atoms with Gasteiger partial charge in [0.15, 0.2) is 11.5 Å². The Morgan fingerprint density at radius 2 is 1.84 bits per heavy atom. The van der Waals surface area contributed by atoms with E-state index in [0.29, 0.717) is 11.5 Å². The maximum absolute atomic E-state index is 13.0. The van der Waals surface area contributed by atoms with Crippen LogP contribution in [0.4, 0.5) is 4.39 Å². The molecule has 0 aromatic heterocycles. The van der Waals surface area contributed by atoms with E-state index < -0.39 is 0 Å². The SMILES string of the molecule is COc1ccc(C2CCCN2C(=O)Cc2ccc(F)cc2)cc1OC. The molecule has 1 unspecified atom stereocenters. The third-order valence-electron chi connectivity index (χ3n) is 4.63. The number of ether oxygens (including phenoxy) is 2. The molecule has 1 atom stereocenters. The highest BCUT2D eigenvalue weighted by Crippen LogP contribution is 2.37. The number of hydrogen-bond donors (Lipinski definition) is 0. The molecule has 0 radical (unpaired) electrons. The molecule has 1 amide bonds. The number of amides is 1. The molecule has 1 aliphatic rings. The van der Waals surface area contributed by atoms with E-state index in [-0.39, 0.29) is 24.2 Å². The van der Waals surface area contributed by atoms with Crippen LogP contribution in [0.3, 0.4) is 0 Å². The van der Waals surface area contributed by atoms with Crippen molar-refractivity contribution in [3.8, 4) is 11.5 Å². The van der Waals surface area contributed by atoms with Gasteiger partial charge in [0, 0.05) is 6.54 Å². The number of methoxy groups -OCH3 is 2. The van der Waals surface area contributed by atoms with Gasteiger partial charge in [0.25, 0.3) is 0 Å². The summed E-state index contributed by atoms with van der Waals surface area (Å²) in [5.74, 6) is 1.11. The van der Waals surface area contributed by atoms with Gasteiger partial charge < -0.3 is 14.4 Å². The van der Waals surface area contributed by atoms with Gasteiger partial charge in [0.1, 0.15) is 5.82 Å². The topological polar surface area (TPSA) is 38.8 Å². The first-order chi connectivity index (χ1) is 12.1. The molecule has 0 aliphatic carbocycles. The lowest BCUT2D eigenvalue weighted by Gasteiger charge is -2.26. The molecule has 2 aromatic carbocycles. The molecule has 25 heavy (non-hydrogen) atoms. The van der Waals surface area contributed by atoms with Crippen molar-refractivity contribution in [1.82, 2.24) is 4.90 Å². The number of hydrogen-bond acceptors (Lipinski definition) is 3. The fraction of sp³-hybridized carbons (Fsp3) is 0.350. The number of likely N-dealkylation sites (tertiary alicyclic amines) is 1. The number of rotatable bonds is 5. The normalized spacial score (nSPS) is 16.8. The quantitative estimate of drug-likeness (QED) is 0.830. The summed E-state index contributed by atoms with van der Waals surface area (Å²) in [6.07, 6.45) is 2.17. The molecule has 0 N–H and O–H groups in total. The van der Waals surface area contributed by atoms with Crippen LogP contribution in [0.15, 0.2) is 42.5 Å². The zero-order valence-electron chi connectivity index (χ0n) is 14.5. The Kier molecular flexibility index (Phi) is 5.22. The smallest absolute Gasteiger partial charge is 0.227 e. The molecule has 0 saturated carbocycles. The predicted molar refractivity (Wildman–Crippen MR) is 93.3 cm³/mol. The average molecular weight is 343 g/mol. The first-order valence-corrected chi connectivity index (χ1v) is 8.38. The standard InChI is InChI=1S/C20H22FNO3/c1-24-18-10-7-15(13-19(18)25-2)17-4-3-11-22(17)20(23)12-14-5-8-16(21)9-6-14/h5-10,13,17H,3-4,11-12H2,1-2H3. The molecule has 1 fully saturated rings. The van der Waals surface area contributed by atoms with Crippen LogP contribution >= 0.6 is 0 Å². The molecule has 0 spiro atoms. The van der Waals surface area contributed by atoms with E-state index in [0.717, 1.165) is 30.5 Å². The van der Waals surface area contributed by atoms with Crippen molar-refractivity contribution in [2.75, 3.05) is 20.8 Å². The largest absolute Gasteiger partial charge is 0.493 e. The van der Waals surface area contributed by atoms with Gasteiger partial charge in [-0.2, -0.15) is 0 Å². The zero-order valence-corrected chi connectivity index (χ0v) is 14.5. The molecule has 0 bridgehead atoms. The van der Waals surface area contributed by atoms with Crippen LogP contribution in [-0.4, -0.2) is 31.6 Å². The minimum absolute atomic E-state index is 0.0350. The highest BCUT2D eigenvalue weighted by Gasteiger charge is 2.30. The van der Waals surface area contributed by atoms with E-state index in [1.807, 2.05) is 23.1 Å². The van der Waals surface area contributed by atoms with Crippen molar-refractivity contribution >= 4 is 5.91 Å². The van der Waals surface area contributed by atoms with Gasteiger partial charge in [-0.25, -0.2) is 4.39 Å². The summed E-state index contributed by atoms with van der Waals surface area (Å²) in [5, 5.41) is 0. The zero-order chi connectivity index (χ0) is 17.8. The Morgan fingerprint density at radius 1 is 1.12 bits per heavy atom. The number of halogens is 1. The van der Waals surface area contributed by atoms with Gasteiger partial charge in [0.05, 0.1) is 26.7 Å². The fourth-order valence-corrected chi connectivity index (χ4v) is 3.35. The molecule has 1 aliphatic heterocycles. The lowest BCUT2D eigenvalue weighted by Crippen LogP contribution is -2.31. The number of nitrogens with zero attached hydrogens (tertiary/aromatic N) is 1. The Balaban J connectivity index is 1.77. The fourth-order valence-electron chi connectivity index (χ4n) is 3.35. The van der Waals surface area contributed by atoms with Crippen LogP contribution in [0.2, 0.25) is 0 Å². The highest BCUT2D eigenvalue weighted by atomic mass is 19.1. The van der Waals surface area contributed by atoms with E-state index >= 15 is 0 Å². The number of carbonyl (C=O) groups is 1. The van der Waals surface area contributed by atoms with Crippen molar-refractivity contribution in [1.29, 1.82) is 0 Å². The summed E-state index contributed by atoms with van der Waals surface area (Å²) < 4.78 is 23.7. The van der Waals surface area contributed by atoms with E-state index in [4.69, 9.17) is 9.47 Å². The van der Waals surface area contributed by atoms with Crippen LogP contribution < -0.4 is 9.47 Å². The Labute approximate surface area is 147 Å². The Morgan fingerprint density at radius 3 is 2.52 bits per heavy atom. The third-order valence-corrected chi connectivity index (χ3v) is 4.63. The molecular weight excluding hydrogens is 321 g/mol. The second-order valence-corrected chi connectivity index (χ2v) is 6.16. The van der Waals surface area contributed by atoms with Crippen molar-refractivity contribution in [3.63, 3.8) is 0 Å². The predicted octanol–water partition coefficient (Wildman–Crippen LogP) is 3.75. The van der Waals surface area contributed by atoms with E-state index in [9.17, 15) is 9.18 Å². The monoisotopic (exact) mass is 343 g/mol. The van der Waals surface area contributed by atoms with Crippen LogP contribution in [0.5, 0.6) is 11.5 Å². The maximum atomic E-state index is 13.0. The molecule has 1 saturated heterocycles. The van der Waals surface area contributed by atoms with Crippen LogP contribution in [-0.2, 0) is 11.2 Å². The lowest BCUT2D eigenvalue weighted by molar-refractivity contribution is -0.131. The molecule has 5 heteroatoms. The van der Waals surface area contributed by atoms with Crippen LogP contribution in [0, 0.1) is 5.82 Å². The summed E-state index contributed by atoms with van der Waals surface area (Å²) in [6, 6.07) is 11.9. The van der Waals surface area contributed by atoms with E-state index in [1.54, 1.807) is 26.4 Å².